The summed E-state index contributed by atoms with van der Waals surface area (Å²) in [5, 5.41) is 0. The zero-order valence-electron chi connectivity index (χ0n) is 23.1. The van der Waals surface area contributed by atoms with E-state index in [1.165, 1.54) is 19.3 Å². The van der Waals surface area contributed by atoms with Crippen molar-refractivity contribution >= 4 is 17.3 Å². The smallest absolute Gasteiger partial charge is 0.316 e. The molecule has 1 saturated carbocycles. The fraction of sp³-hybridized carbons (Fsp3) is 0.655. The highest BCUT2D eigenvalue weighted by Crippen LogP contribution is 2.35. The first-order valence-electron chi connectivity index (χ1n) is 14.5. The largest absolute Gasteiger partial charge is 0.474 e. The second kappa shape index (κ2) is 11.3. The first-order chi connectivity index (χ1) is 19.0. The van der Waals surface area contributed by atoms with Crippen LogP contribution in [0.1, 0.15) is 58.8 Å². The number of hydrogen-bond acceptors (Lipinski definition) is 9. The molecule has 0 atom stereocenters. The van der Waals surface area contributed by atoms with Crippen LogP contribution in [0.4, 0.5) is 11.4 Å². The monoisotopic (exact) mass is 536 g/mol. The van der Waals surface area contributed by atoms with Crippen molar-refractivity contribution in [1.82, 2.24) is 19.9 Å². The third kappa shape index (κ3) is 5.96. The number of carbonyl (C=O) groups excluding carboxylic acids is 1. The average Bonchev–Trinajstić information content (AvgIpc) is 2.92. The van der Waals surface area contributed by atoms with E-state index < -0.39 is 0 Å². The van der Waals surface area contributed by atoms with Crippen LogP contribution in [-0.2, 0) is 9.53 Å². The zero-order chi connectivity index (χ0) is 26.8. The van der Waals surface area contributed by atoms with Crippen molar-refractivity contribution in [3.63, 3.8) is 0 Å². The molecule has 2 aromatic heterocycles. The maximum Gasteiger partial charge on any atom is 0.316 e. The van der Waals surface area contributed by atoms with E-state index in [1.54, 1.807) is 17.3 Å². The van der Waals surface area contributed by atoms with Crippen molar-refractivity contribution in [3.05, 3.63) is 30.7 Å². The Morgan fingerprint density at radius 2 is 1.67 bits per heavy atom. The quantitative estimate of drug-likeness (QED) is 0.527. The fourth-order valence-corrected chi connectivity index (χ4v) is 6.06. The lowest BCUT2D eigenvalue weighted by Crippen LogP contribution is -2.59. The number of piperidine rings is 2. The summed E-state index contributed by atoms with van der Waals surface area (Å²) in [5.41, 5.74) is 1.40. The van der Waals surface area contributed by atoms with Crippen molar-refractivity contribution < 1.29 is 19.0 Å². The van der Waals surface area contributed by atoms with Crippen LogP contribution in [0.2, 0.25) is 0 Å². The van der Waals surface area contributed by atoms with Gasteiger partial charge in [-0.25, -0.2) is 15.0 Å². The van der Waals surface area contributed by atoms with Gasteiger partial charge in [0.2, 0.25) is 5.88 Å². The number of morpholine rings is 1. The van der Waals surface area contributed by atoms with Gasteiger partial charge in [-0.3, -0.25) is 4.79 Å². The standard InChI is InChI=1S/C29H40N6O4/c1-21(2)38-28-31-17-24(18-32-28)35-20-29(37-19-27(35)36)10-14-34(15-11-29)23-6-7-26(30-16-23)39-25-8-12-33(13-9-25)22-4-3-5-22/h6-7,16-18,21-22,25H,3-5,8-15,19-20H2,1-2H3. The molecule has 39 heavy (non-hydrogen) atoms. The van der Waals surface area contributed by atoms with Gasteiger partial charge >= 0.3 is 6.01 Å². The third-order valence-electron chi connectivity index (χ3n) is 8.63. The molecular weight excluding hydrogens is 496 g/mol. The van der Waals surface area contributed by atoms with Crippen molar-refractivity contribution in [2.24, 2.45) is 0 Å². The molecule has 2 aromatic rings. The summed E-state index contributed by atoms with van der Waals surface area (Å²) in [6, 6.07) is 5.25. The molecule has 0 bridgehead atoms. The summed E-state index contributed by atoms with van der Waals surface area (Å²) in [4.78, 5) is 32.6. The molecule has 6 rings (SSSR count). The molecule has 0 aromatic carbocycles. The highest BCUT2D eigenvalue weighted by atomic mass is 16.5. The molecule has 3 saturated heterocycles. The molecular formula is C29H40N6O4. The van der Waals surface area contributed by atoms with Crippen LogP contribution in [0, 0.1) is 0 Å². The summed E-state index contributed by atoms with van der Waals surface area (Å²) in [5.74, 6) is 0.642. The molecule has 10 heteroatoms. The zero-order valence-corrected chi connectivity index (χ0v) is 23.1. The molecule has 0 N–H and O–H groups in total. The Balaban J connectivity index is 1.01. The van der Waals surface area contributed by atoms with Gasteiger partial charge in [0, 0.05) is 38.3 Å². The van der Waals surface area contributed by atoms with Gasteiger partial charge in [-0.15, -0.1) is 0 Å². The number of amides is 1. The Bertz CT molecular complexity index is 1110. The van der Waals surface area contributed by atoms with Crippen LogP contribution in [-0.4, -0.2) is 88.9 Å². The highest BCUT2D eigenvalue weighted by molar-refractivity contribution is 5.94. The number of carbonyl (C=O) groups is 1. The second-order valence-electron chi connectivity index (χ2n) is 11.6. The molecule has 10 nitrogen and oxygen atoms in total. The van der Waals surface area contributed by atoms with Gasteiger partial charge in [0.25, 0.3) is 5.91 Å². The molecule has 210 valence electrons. The van der Waals surface area contributed by atoms with Gasteiger partial charge in [-0.1, -0.05) is 6.42 Å². The lowest BCUT2D eigenvalue weighted by molar-refractivity contribution is -0.141. The van der Waals surface area contributed by atoms with Crippen LogP contribution >= 0.6 is 0 Å². The van der Waals surface area contributed by atoms with Gasteiger partial charge in [0.15, 0.2) is 0 Å². The number of nitrogens with zero attached hydrogens (tertiary/aromatic N) is 6. The van der Waals surface area contributed by atoms with E-state index in [0.29, 0.717) is 24.1 Å². The predicted molar refractivity (Wildman–Crippen MR) is 147 cm³/mol. The predicted octanol–water partition coefficient (Wildman–Crippen LogP) is 3.46. The van der Waals surface area contributed by atoms with E-state index in [0.717, 1.165) is 63.6 Å². The first-order valence-corrected chi connectivity index (χ1v) is 14.5. The van der Waals surface area contributed by atoms with Crippen LogP contribution in [0.15, 0.2) is 30.7 Å². The summed E-state index contributed by atoms with van der Waals surface area (Å²) >= 11 is 0. The van der Waals surface area contributed by atoms with Crippen molar-refractivity contribution in [3.8, 4) is 11.9 Å². The summed E-state index contributed by atoms with van der Waals surface area (Å²) in [7, 11) is 0. The molecule has 1 amide bonds. The van der Waals surface area contributed by atoms with E-state index in [4.69, 9.17) is 14.2 Å². The lowest BCUT2D eigenvalue weighted by Gasteiger charge is -2.47. The molecule has 5 heterocycles. The van der Waals surface area contributed by atoms with Crippen LogP contribution in [0.5, 0.6) is 11.9 Å². The van der Waals surface area contributed by atoms with E-state index >= 15 is 0 Å². The third-order valence-corrected chi connectivity index (χ3v) is 8.63. The molecule has 0 unspecified atom stereocenters. The summed E-state index contributed by atoms with van der Waals surface area (Å²) < 4.78 is 17.9. The SMILES string of the molecule is CC(C)Oc1ncc(N2CC3(CCN(c4ccc(OC5CCN(C6CCC6)CC5)nc4)CC3)OCC2=O)cn1. The summed E-state index contributed by atoms with van der Waals surface area (Å²) in [6.07, 6.45) is 13.4. The normalized spacial score (nSPS) is 22.8. The number of likely N-dealkylation sites (tertiary alicyclic amines) is 1. The first kappa shape index (κ1) is 26.3. The Labute approximate surface area is 230 Å². The molecule has 4 fully saturated rings. The van der Waals surface area contributed by atoms with E-state index in [9.17, 15) is 4.79 Å². The number of rotatable bonds is 7. The van der Waals surface area contributed by atoms with Gasteiger partial charge < -0.3 is 28.9 Å². The van der Waals surface area contributed by atoms with Crippen LogP contribution in [0.3, 0.4) is 0 Å². The van der Waals surface area contributed by atoms with Crippen molar-refractivity contribution in [1.29, 1.82) is 0 Å². The number of hydrogen-bond donors (Lipinski definition) is 0. The number of anilines is 2. The van der Waals surface area contributed by atoms with Gasteiger partial charge in [0.1, 0.15) is 12.7 Å². The van der Waals surface area contributed by atoms with Gasteiger partial charge in [0.05, 0.1) is 48.2 Å². The Morgan fingerprint density at radius 3 is 2.28 bits per heavy atom. The molecule has 1 aliphatic carbocycles. The highest BCUT2D eigenvalue weighted by Gasteiger charge is 2.43. The Kier molecular flexibility index (Phi) is 7.57. The van der Waals surface area contributed by atoms with E-state index in [-0.39, 0.29) is 30.3 Å². The molecule has 3 aliphatic heterocycles. The number of pyridine rings is 1. The van der Waals surface area contributed by atoms with Crippen LogP contribution < -0.4 is 19.3 Å². The average molecular weight is 537 g/mol. The minimum Gasteiger partial charge on any atom is -0.474 e. The minimum absolute atomic E-state index is 0.00655. The van der Waals surface area contributed by atoms with Gasteiger partial charge in [-0.05, 0) is 58.4 Å². The topological polar surface area (TPSA) is 93.1 Å². The Hall–Kier alpha value is -2.98. The van der Waals surface area contributed by atoms with Crippen LogP contribution in [0.25, 0.3) is 0 Å². The molecule has 4 aliphatic rings. The second-order valence-corrected chi connectivity index (χ2v) is 11.6. The number of ether oxygens (including phenoxy) is 3. The Morgan fingerprint density at radius 1 is 0.949 bits per heavy atom. The molecule has 0 radical (unpaired) electrons. The van der Waals surface area contributed by atoms with Crippen molar-refractivity contribution in [2.75, 3.05) is 49.1 Å². The van der Waals surface area contributed by atoms with Crippen molar-refractivity contribution in [2.45, 2.75) is 82.6 Å². The fourth-order valence-electron chi connectivity index (χ4n) is 6.06. The summed E-state index contributed by atoms with van der Waals surface area (Å²) in [6.45, 7) is 8.37. The maximum absolute atomic E-state index is 12.7. The minimum atomic E-state index is -0.373. The number of aromatic nitrogens is 3. The van der Waals surface area contributed by atoms with E-state index in [1.807, 2.05) is 26.1 Å². The lowest BCUT2D eigenvalue weighted by atomic mass is 9.89. The maximum atomic E-state index is 12.7. The van der Waals surface area contributed by atoms with E-state index in [2.05, 4.69) is 30.8 Å². The molecule has 1 spiro atoms. The van der Waals surface area contributed by atoms with Gasteiger partial charge in [-0.2, -0.15) is 0 Å².